The molecule has 0 aliphatic rings. The number of thiazole rings is 1. The zero-order valence-corrected chi connectivity index (χ0v) is 10.5. The molecule has 1 heterocycles. The van der Waals surface area contributed by atoms with Crippen molar-refractivity contribution < 1.29 is 0 Å². The topological polar surface area (TPSA) is 12.9 Å². The summed E-state index contributed by atoms with van der Waals surface area (Å²) < 4.78 is 0. The third-order valence-corrected chi connectivity index (χ3v) is 4.04. The van der Waals surface area contributed by atoms with Crippen LogP contribution in [0, 0.1) is 13.8 Å². The number of rotatable bonds is 2. The number of aromatic nitrogens is 1. The van der Waals surface area contributed by atoms with Crippen LogP contribution in [0.5, 0.6) is 0 Å². The van der Waals surface area contributed by atoms with Gasteiger partial charge in [0.15, 0.2) is 0 Å². The summed E-state index contributed by atoms with van der Waals surface area (Å²) in [4.78, 5) is 5.82. The smallest absolute Gasteiger partial charge is 0.123 e. The first kappa shape index (κ1) is 10.7. The van der Waals surface area contributed by atoms with E-state index in [0.717, 1.165) is 16.5 Å². The van der Waals surface area contributed by atoms with Crippen molar-refractivity contribution in [1.82, 2.24) is 4.98 Å². The highest BCUT2D eigenvalue weighted by molar-refractivity contribution is 7.79. The Morgan fingerprint density at radius 3 is 2.73 bits per heavy atom. The van der Waals surface area contributed by atoms with E-state index in [0.29, 0.717) is 0 Å². The highest BCUT2D eigenvalue weighted by Crippen LogP contribution is 2.29. The maximum atomic E-state index is 4.56. The van der Waals surface area contributed by atoms with Crippen molar-refractivity contribution >= 4 is 24.0 Å². The molecule has 0 saturated heterocycles. The molecule has 0 unspecified atom stereocenters. The van der Waals surface area contributed by atoms with E-state index >= 15 is 0 Å². The van der Waals surface area contributed by atoms with Gasteiger partial charge in [-0.3, -0.25) is 0 Å². The monoisotopic (exact) mass is 235 g/mol. The average molecular weight is 235 g/mol. The first-order valence-corrected chi connectivity index (χ1v) is 6.30. The summed E-state index contributed by atoms with van der Waals surface area (Å²) >= 11 is 6.03. The minimum atomic E-state index is 0.773. The van der Waals surface area contributed by atoms with Crippen LogP contribution in [0.4, 0.5) is 0 Å². The maximum Gasteiger partial charge on any atom is 0.123 e. The van der Waals surface area contributed by atoms with Crippen LogP contribution in [-0.4, -0.2) is 4.98 Å². The molecule has 1 aromatic carbocycles. The van der Waals surface area contributed by atoms with Crippen LogP contribution in [0.3, 0.4) is 0 Å². The van der Waals surface area contributed by atoms with Crippen molar-refractivity contribution in [1.29, 1.82) is 0 Å². The van der Waals surface area contributed by atoms with E-state index in [1.54, 1.807) is 11.3 Å². The number of aryl methyl sites for hydroxylation is 2. The van der Waals surface area contributed by atoms with E-state index in [2.05, 4.69) is 48.8 Å². The lowest BCUT2D eigenvalue weighted by molar-refractivity contribution is 1.22. The van der Waals surface area contributed by atoms with Gasteiger partial charge in [-0.05, 0) is 19.9 Å². The van der Waals surface area contributed by atoms with Crippen molar-refractivity contribution in [3.63, 3.8) is 0 Å². The lowest BCUT2D eigenvalue weighted by Crippen LogP contribution is -1.79. The second-order valence-corrected chi connectivity index (χ2v) is 4.96. The molecule has 0 aliphatic carbocycles. The van der Waals surface area contributed by atoms with Gasteiger partial charge >= 0.3 is 0 Å². The van der Waals surface area contributed by atoms with Gasteiger partial charge < -0.3 is 0 Å². The first-order chi connectivity index (χ1) is 7.20. The standard InChI is InChI=1S/C12H13NS2/c1-8-4-3-5-10(6-8)12-13-9(2)11(7-14)15-12/h3-6,14H,7H2,1-2H3. The molecule has 0 atom stereocenters. The van der Waals surface area contributed by atoms with Crippen LogP contribution in [0.2, 0.25) is 0 Å². The molecule has 2 rings (SSSR count). The van der Waals surface area contributed by atoms with Crippen molar-refractivity contribution in [2.75, 3.05) is 0 Å². The van der Waals surface area contributed by atoms with Gasteiger partial charge in [0.2, 0.25) is 0 Å². The number of hydrogen-bond acceptors (Lipinski definition) is 3. The summed E-state index contributed by atoms with van der Waals surface area (Å²) in [5, 5.41) is 1.10. The molecule has 0 bridgehead atoms. The Labute approximate surface area is 99.6 Å². The summed E-state index contributed by atoms with van der Waals surface area (Å²) in [7, 11) is 0. The maximum absolute atomic E-state index is 4.56. The molecule has 15 heavy (non-hydrogen) atoms. The molecule has 0 radical (unpaired) electrons. The van der Waals surface area contributed by atoms with E-state index in [-0.39, 0.29) is 0 Å². The Morgan fingerprint density at radius 2 is 2.13 bits per heavy atom. The van der Waals surface area contributed by atoms with Gasteiger partial charge in [0.1, 0.15) is 5.01 Å². The normalized spacial score (nSPS) is 10.6. The zero-order valence-electron chi connectivity index (χ0n) is 8.82. The molecule has 1 aromatic heterocycles. The Bertz CT molecular complexity index is 474. The molecule has 3 heteroatoms. The predicted octanol–water partition coefficient (Wildman–Crippen LogP) is 3.86. The number of nitrogens with zero attached hydrogens (tertiary/aromatic N) is 1. The molecule has 2 aromatic rings. The molecule has 0 aliphatic heterocycles. The van der Waals surface area contributed by atoms with Gasteiger partial charge in [-0.15, -0.1) is 11.3 Å². The molecule has 1 nitrogen and oxygen atoms in total. The van der Waals surface area contributed by atoms with Crippen LogP contribution in [0.15, 0.2) is 24.3 Å². The van der Waals surface area contributed by atoms with Crippen LogP contribution in [0.25, 0.3) is 10.6 Å². The molecule has 78 valence electrons. The fraction of sp³-hybridized carbons (Fsp3) is 0.250. The SMILES string of the molecule is Cc1cccc(-c2nc(C)c(CS)s2)c1. The van der Waals surface area contributed by atoms with Gasteiger partial charge in [-0.1, -0.05) is 23.8 Å². The highest BCUT2D eigenvalue weighted by Gasteiger charge is 2.07. The highest BCUT2D eigenvalue weighted by atomic mass is 32.1. The summed E-state index contributed by atoms with van der Waals surface area (Å²) in [5.41, 5.74) is 3.58. The first-order valence-electron chi connectivity index (χ1n) is 4.85. The van der Waals surface area contributed by atoms with Crippen LogP contribution in [-0.2, 0) is 5.75 Å². The van der Waals surface area contributed by atoms with E-state index in [1.165, 1.54) is 16.0 Å². The Hall–Kier alpha value is -0.800. The fourth-order valence-electron chi connectivity index (χ4n) is 1.48. The minimum absolute atomic E-state index is 0.773. The predicted molar refractivity (Wildman–Crippen MR) is 69.7 cm³/mol. The van der Waals surface area contributed by atoms with Gasteiger partial charge in [0.25, 0.3) is 0 Å². The third-order valence-electron chi connectivity index (χ3n) is 2.30. The Kier molecular flexibility index (Phi) is 3.12. The lowest BCUT2D eigenvalue weighted by atomic mass is 10.1. The summed E-state index contributed by atoms with van der Waals surface area (Å²) in [6, 6.07) is 8.44. The van der Waals surface area contributed by atoms with Crippen molar-refractivity contribution in [2.45, 2.75) is 19.6 Å². The molecular weight excluding hydrogens is 222 g/mol. The Balaban J connectivity index is 2.45. The quantitative estimate of drug-likeness (QED) is 0.780. The number of hydrogen-bond donors (Lipinski definition) is 1. The van der Waals surface area contributed by atoms with E-state index in [4.69, 9.17) is 0 Å². The third kappa shape index (κ3) is 2.24. The molecule has 0 N–H and O–H groups in total. The summed E-state index contributed by atoms with van der Waals surface area (Å²) in [6.45, 7) is 4.14. The van der Waals surface area contributed by atoms with Gasteiger partial charge in [-0.2, -0.15) is 12.6 Å². The van der Waals surface area contributed by atoms with Crippen LogP contribution in [0.1, 0.15) is 16.1 Å². The zero-order chi connectivity index (χ0) is 10.8. The summed E-state index contributed by atoms with van der Waals surface area (Å²) in [5.74, 6) is 0.773. The lowest BCUT2D eigenvalue weighted by Gasteiger charge is -1.96. The van der Waals surface area contributed by atoms with E-state index in [9.17, 15) is 0 Å². The molecule has 0 spiro atoms. The minimum Gasteiger partial charge on any atom is -0.241 e. The van der Waals surface area contributed by atoms with Crippen molar-refractivity contribution in [3.8, 4) is 10.6 Å². The van der Waals surface area contributed by atoms with Crippen LogP contribution >= 0.6 is 24.0 Å². The van der Waals surface area contributed by atoms with Gasteiger partial charge in [0, 0.05) is 16.2 Å². The molecule has 0 saturated carbocycles. The van der Waals surface area contributed by atoms with Gasteiger partial charge in [-0.25, -0.2) is 4.98 Å². The van der Waals surface area contributed by atoms with Gasteiger partial charge in [0.05, 0.1) is 5.69 Å². The second kappa shape index (κ2) is 4.37. The largest absolute Gasteiger partial charge is 0.241 e. The summed E-state index contributed by atoms with van der Waals surface area (Å²) in [6.07, 6.45) is 0. The average Bonchev–Trinajstić information content (AvgIpc) is 2.60. The fourth-order valence-corrected chi connectivity index (χ4v) is 2.82. The Morgan fingerprint density at radius 1 is 1.33 bits per heavy atom. The van der Waals surface area contributed by atoms with Crippen molar-refractivity contribution in [2.24, 2.45) is 0 Å². The van der Waals surface area contributed by atoms with E-state index in [1.807, 2.05) is 6.92 Å². The van der Waals surface area contributed by atoms with Crippen molar-refractivity contribution in [3.05, 3.63) is 40.4 Å². The number of thiol groups is 1. The number of benzene rings is 1. The van der Waals surface area contributed by atoms with E-state index < -0.39 is 0 Å². The molecular formula is C12H13NS2. The second-order valence-electron chi connectivity index (χ2n) is 3.56. The molecule has 0 fully saturated rings. The molecule has 0 amide bonds. The van der Waals surface area contributed by atoms with Crippen LogP contribution < -0.4 is 0 Å².